The number of alkyl halides is 3. The average Bonchev–Trinajstić information content (AvgIpc) is 2.66. The Balaban J connectivity index is 1.69. The molecule has 8 heteroatoms. The van der Waals surface area contributed by atoms with Crippen LogP contribution < -0.4 is 5.32 Å². The van der Waals surface area contributed by atoms with Crippen LogP contribution in [0.25, 0.3) is 0 Å². The van der Waals surface area contributed by atoms with Crippen LogP contribution in [0.15, 0.2) is 0 Å². The molecule has 5 nitrogen and oxygen atoms in total. The molecule has 0 aromatic rings. The molecule has 0 aromatic heterocycles. The van der Waals surface area contributed by atoms with Gasteiger partial charge < -0.3 is 15.0 Å². The summed E-state index contributed by atoms with van der Waals surface area (Å²) in [6.07, 6.45) is -1.70. The van der Waals surface area contributed by atoms with Crippen molar-refractivity contribution in [2.45, 2.75) is 44.5 Å². The van der Waals surface area contributed by atoms with Gasteiger partial charge in [-0.25, -0.2) is 18.0 Å². The number of hydrogen-bond acceptors (Lipinski definition) is 4. The Morgan fingerprint density at radius 2 is 1.95 bits per heavy atom. The summed E-state index contributed by atoms with van der Waals surface area (Å²) in [5.74, 6) is -2.58. The van der Waals surface area contributed by atoms with Crippen LogP contribution in [-0.4, -0.2) is 78.9 Å². The smallest absolute Gasteiger partial charge is 0.410 e. The van der Waals surface area contributed by atoms with Crippen molar-refractivity contribution in [3.05, 3.63) is 0 Å². The van der Waals surface area contributed by atoms with E-state index in [2.05, 4.69) is 5.32 Å². The van der Waals surface area contributed by atoms with Gasteiger partial charge in [0.05, 0.1) is 25.7 Å². The normalized spacial score (nSPS) is 28.5. The van der Waals surface area contributed by atoms with Crippen LogP contribution in [0, 0.1) is 0 Å². The first kappa shape index (κ1) is 17.3. The zero-order valence-corrected chi connectivity index (χ0v) is 13.2. The molecule has 2 saturated heterocycles. The predicted molar refractivity (Wildman–Crippen MR) is 75.9 cm³/mol. The van der Waals surface area contributed by atoms with Crippen LogP contribution >= 0.6 is 0 Å². The van der Waals surface area contributed by atoms with E-state index in [9.17, 15) is 18.0 Å². The van der Waals surface area contributed by atoms with Gasteiger partial charge in [0.25, 0.3) is 5.92 Å². The molecule has 2 aliphatic heterocycles. The number of halogens is 3. The van der Waals surface area contributed by atoms with E-state index in [1.54, 1.807) is 25.7 Å². The molecule has 0 saturated carbocycles. The van der Waals surface area contributed by atoms with E-state index in [-0.39, 0.29) is 26.2 Å². The molecule has 2 atom stereocenters. The fraction of sp³-hybridized carbons (Fsp3) is 0.929. The van der Waals surface area contributed by atoms with Crippen molar-refractivity contribution in [2.75, 3.05) is 39.3 Å². The van der Waals surface area contributed by atoms with Crippen LogP contribution in [-0.2, 0) is 4.74 Å². The summed E-state index contributed by atoms with van der Waals surface area (Å²) in [5, 5.41) is 2.99. The molecular weight excluding hydrogens is 299 g/mol. The number of likely N-dealkylation sites (tertiary alicyclic amines) is 2. The lowest BCUT2D eigenvalue weighted by atomic mass is 10.1. The first-order valence-corrected chi connectivity index (χ1v) is 7.51. The molecule has 1 N–H and O–H groups in total. The Kier molecular flexibility index (Phi) is 4.91. The van der Waals surface area contributed by atoms with Crippen LogP contribution in [0.4, 0.5) is 18.0 Å². The lowest BCUT2D eigenvalue weighted by Gasteiger charge is -2.38. The minimum absolute atomic E-state index is 0.00559. The van der Waals surface area contributed by atoms with Gasteiger partial charge in [-0.3, -0.25) is 4.90 Å². The SMILES string of the molecule is CC(C)(C)OC(=O)N1C[C@@H](F)[C@@H](NCCN2CC(F)(F)C2)C1. The highest BCUT2D eigenvalue weighted by Crippen LogP contribution is 2.25. The number of ether oxygens (including phenoxy) is 1. The van der Waals surface area contributed by atoms with E-state index in [4.69, 9.17) is 4.74 Å². The van der Waals surface area contributed by atoms with Gasteiger partial charge >= 0.3 is 6.09 Å². The van der Waals surface area contributed by atoms with Gasteiger partial charge in [0, 0.05) is 19.6 Å². The maximum absolute atomic E-state index is 13.9. The molecule has 0 spiro atoms. The van der Waals surface area contributed by atoms with Crippen molar-refractivity contribution in [3.8, 4) is 0 Å². The molecule has 22 heavy (non-hydrogen) atoms. The molecule has 2 rings (SSSR count). The molecule has 1 amide bonds. The monoisotopic (exact) mass is 323 g/mol. The molecule has 2 heterocycles. The van der Waals surface area contributed by atoms with E-state index >= 15 is 0 Å². The highest BCUT2D eigenvalue weighted by molar-refractivity contribution is 5.68. The molecule has 0 aromatic carbocycles. The second kappa shape index (κ2) is 6.23. The zero-order valence-electron chi connectivity index (χ0n) is 13.2. The van der Waals surface area contributed by atoms with Crippen molar-refractivity contribution >= 4 is 6.09 Å². The highest BCUT2D eigenvalue weighted by atomic mass is 19.3. The first-order chi connectivity index (χ1) is 10.1. The quantitative estimate of drug-likeness (QED) is 0.851. The maximum Gasteiger partial charge on any atom is 0.410 e. The van der Waals surface area contributed by atoms with E-state index in [0.29, 0.717) is 13.1 Å². The van der Waals surface area contributed by atoms with E-state index in [1.165, 1.54) is 4.90 Å². The number of carbonyl (C=O) groups excluding carboxylic acids is 1. The molecule has 0 radical (unpaired) electrons. The summed E-state index contributed by atoms with van der Waals surface area (Å²) in [4.78, 5) is 14.8. The van der Waals surface area contributed by atoms with Crippen LogP contribution in [0.3, 0.4) is 0 Å². The Morgan fingerprint density at radius 3 is 2.50 bits per heavy atom. The zero-order chi connectivity index (χ0) is 16.5. The third kappa shape index (κ3) is 4.74. The van der Waals surface area contributed by atoms with Crippen molar-refractivity contribution in [1.82, 2.24) is 15.1 Å². The van der Waals surface area contributed by atoms with Crippen LogP contribution in [0.1, 0.15) is 20.8 Å². The van der Waals surface area contributed by atoms with Gasteiger partial charge in [0.2, 0.25) is 0 Å². The van der Waals surface area contributed by atoms with Crippen molar-refractivity contribution in [3.63, 3.8) is 0 Å². The summed E-state index contributed by atoms with van der Waals surface area (Å²) >= 11 is 0. The topological polar surface area (TPSA) is 44.8 Å². The number of rotatable bonds is 4. The van der Waals surface area contributed by atoms with Gasteiger partial charge in [-0.05, 0) is 20.8 Å². The Morgan fingerprint density at radius 1 is 1.32 bits per heavy atom. The van der Waals surface area contributed by atoms with Crippen LogP contribution in [0.5, 0.6) is 0 Å². The average molecular weight is 323 g/mol. The lowest BCUT2D eigenvalue weighted by molar-refractivity contribution is -0.129. The largest absolute Gasteiger partial charge is 0.444 e. The fourth-order valence-electron chi connectivity index (χ4n) is 2.61. The molecule has 0 aliphatic carbocycles. The summed E-state index contributed by atoms with van der Waals surface area (Å²) in [5.41, 5.74) is -0.614. The summed E-state index contributed by atoms with van der Waals surface area (Å²) in [7, 11) is 0. The second-order valence-corrected chi connectivity index (χ2v) is 7.03. The number of amides is 1. The maximum atomic E-state index is 13.9. The Hall–Kier alpha value is -1.02. The summed E-state index contributed by atoms with van der Waals surface area (Å²) in [6, 6.07) is -0.477. The van der Waals surface area contributed by atoms with E-state index < -0.39 is 29.8 Å². The number of nitrogens with one attached hydrogen (secondary N) is 1. The van der Waals surface area contributed by atoms with Gasteiger partial charge in [-0.1, -0.05) is 0 Å². The highest BCUT2D eigenvalue weighted by Gasteiger charge is 2.43. The second-order valence-electron chi connectivity index (χ2n) is 7.03. The summed E-state index contributed by atoms with van der Waals surface area (Å²) < 4.78 is 44.5. The third-order valence-electron chi connectivity index (χ3n) is 3.64. The summed E-state index contributed by atoms with van der Waals surface area (Å²) in [6.45, 7) is 5.89. The minimum atomic E-state index is -2.58. The van der Waals surface area contributed by atoms with Crippen molar-refractivity contribution in [1.29, 1.82) is 0 Å². The van der Waals surface area contributed by atoms with Crippen LogP contribution in [0.2, 0.25) is 0 Å². The lowest BCUT2D eigenvalue weighted by Crippen LogP contribution is -2.58. The van der Waals surface area contributed by atoms with Gasteiger partial charge in [-0.2, -0.15) is 0 Å². The van der Waals surface area contributed by atoms with Gasteiger partial charge in [-0.15, -0.1) is 0 Å². The fourth-order valence-corrected chi connectivity index (χ4v) is 2.61. The van der Waals surface area contributed by atoms with E-state index in [1.807, 2.05) is 0 Å². The Labute approximate surface area is 128 Å². The first-order valence-electron chi connectivity index (χ1n) is 7.51. The number of nitrogens with zero attached hydrogens (tertiary/aromatic N) is 2. The molecule has 2 aliphatic rings. The number of carbonyl (C=O) groups is 1. The minimum Gasteiger partial charge on any atom is -0.444 e. The molecular formula is C14H24F3N3O2. The standard InChI is InChI=1S/C14H24F3N3O2/c1-13(2,3)22-12(21)20-6-10(15)11(7-20)18-4-5-19-8-14(16,17)9-19/h10-11,18H,4-9H2,1-3H3/t10-,11+/m1/s1. The van der Waals surface area contributed by atoms with Gasteiger partial charge in [0.1, 0.15) is 11.8 Å². The molecule has 128 valence electrons. The van der Waals surface area contributed by atoms with Crippen molar-refractivity contribution < 1.29 is 22.7 Å². The van der Waals surface area contributed by atoms with Gasteiger partial charge in [0.15, 0.2) is 0 Å². The molecule has 0 unspecified atom stereocenters. The molecule has 0 bridgehead atoms. The number of hydrogen-bond donors (Lipinski definition) is 1. The van der Waals surface area contributed by atoms with E-state index in [0.717, 1.165) is 0 Å². The third-order valence-corrected chi connectivity index (χ3v) is 3.64. The Bertz CT molecular complexity index is 407. The molecule has 2 fully saturated rings. The van der Waals surface area contributed by atoms with Crippen molar-refractivity contribution in [2.24, 2.45) is 0 Å². The predicted octanol–water partition coefficient (Wildman–Crippen LogP) is 1.48.